The normalized spacial score (nSPS) is 26.1. The maximum absolute atomic E-state index is 14.4. The quantitative estimate of drug-likeness (QED) is 0.350. The van der Waals surface area contributed by atoms with Crippen LogP contribution in [0.4, 0.5) is 4.79 Å². The zero-order chi connectivity index (χ0) is 34.2. The van der Waals surface area contributed by atoms with Gasteiger partial charge < -0.3 is 34.9 Å². The number of carboxylic acids is 1. The molecule has 1 aliphatic carbocycles. The van der Waals surface area contributed by atoms with Gasteiger partial charge in [-0.15, -0.1) is 0 Å². The Hall–Kier alpha value is -4.80. The van der Waals surface area contributed by atoms with Gasteiger partial charge >= 0.3 is 12.1 Å². The molecule has 3 N–H and O–H groups in total. The third-order valence-electron chi connectivity index (χ3n) is 9.63. The lowest BCUT2D eigenvalue weighted by Gasteiger charge is -2.35. The second kappa shape index (κ2) is 13.0. The molecule has 2 fully saturated rings. The van der Waals surface area contributed by atoms with E-state index in [0.29, 0.717) is 37.4 Å². The van der Waals surface area contributed by atoms with Crippen molar-refractivity contribution in [2.24, 2.45) is 11.3 Å². The van der Waals surface area contributed by atoms with Crippen LogP contribution in [0.2, 0.25) is 0 Å². The van der Waals surface area contributed by atoms with Crippen LogP contribution in [-0.2, 0) is 19.1 Å². The fraction of sp³-hybridized carbons (Fsp3) is 0.459. The van der Waals surface area contributed by atoms with Crippen LogP contribution in [0.3, 0.4) is 0 Å². The van der Waals surface area contributed by atoms with Crippen molar-refractivity contribution in [1.82, 2.24) is 15.5 Å². The van der Waals surface area contributed by atoms with Gasteiger partial charge in [-0.1, -0.05) is 70.5 Å². The van der Waals surface area contributed by atoms with Crippen molar-refractivity contribution in [1.29, 1.82) is 0 Å². The Labute approximate surface area is 279 Å². The molecule has 2 heterocycles. The second-order valence-corrected chi connectivity index (χ2v) is 14.1. The molecule has 2 aliphatic heterocycles. The molecule has 3 aromatic rings. The van der Waals surface area contributed by atoms with Gasteiger partial charge in [0.1, 0.15) is 35.2 Å². The molecule has 4 bridgehead atoms. The molecule has 3 aliphatic rings. The number of carbonyl (C=O) groups is 4. The SMILES string of the molecule is CC[C@@H]1CC1(NC(=O)[C@@H]1CC2CN1C(=O)[C@H](C(C)(C)C)NC(=O)OCCCOc1cccc(c1)-c1cc3ccccc3cc1O2)C(=O)O. The zero-order valence-electron chi connectivity index (χ0n) is 27.8. The van der Waals surface area contributed by atoms with E-state index < -0.39 is 53.0 Å². The Balaban J connectivity index is 1.41. The fourth-order valence-electron chi connectivity index (χ4n) is 6.83. The van der Waals surface area contributed by atoms with Gasteiger partial charge in [-0.05, 0) is 58.4 Å². The third-order valence-corrected chi connectivity index (χ3v) is 9.63. The number of ether oxygens (including phenoxy) is 3. The summed E-state index contributed by atoms with van der Waals surface area (Å²) in [4.78, 5) is 55.0. The standard InChI is InChI=1S/C37H43N3O8/c1-5-25-20-37(25,34(43)44)39-32(41)29-19-27-21-40(29)33(42)31(36(2,3)4)38-35(45)47-15-9-14-46-26-13-8-12-24(16-26)28-17-22-10-6-7-11-23(22)18-30(28)48-27/h6-8,10-13,16-18,25,27,29,31H,5,9,14-15,19-21H2,1-4H3,(H,38,45)(H,39,41)(H,43,44)/t25-,27?,29+,31-,37?/m1/s1. The molecule has 254 valence electrons. The van der Waals surface area contributed by atoms with E-state index in [0.717, 1.165) is 21.9 Å². The molecule has 0 aromatic heterocycles. The Kier molecular flexibility index (Phi) is 8.98. The van der Waals surface area contributed by atoms with Crippen molar-refractivity contribution in [2.75, 3.05) is 19.8 Å². The minimum absolute atomic E-state index is 0.0485. The topological polar surface area (TPSA) is 144 Å². The average Bonchev–Trinajstić information content (AvgIpc) is 3.61. The Morgan fingerprint density at radius 1 is 1.02 bits per heavy atom. The molecule has 2 unspecified atom stereocenters. The maximum atomic E-state index is 14.4. The first kappa shape index (κ1) is 33.1. The lowest BCUT2D eigenvalue weighted by Crippen LogP contribution is -2.59. The van der Waals surface area contributed by atoms with Crippen molar-refractivity contribution < 1.29 is 38.5 Å². The molecule has 3 aromatic carbocycles. The van der Waals surface area contributed by atoms with E-state index in [9.17, 15) is 24.3 Å². The van der Waals surface area contributed by atoms with Crippen LogP contribution in [0.1, 0.15) is 53.4 Å². The third kappa shape index (κ3) is 6.63. The predicted octanol–water partition coefficient (Wildman–Crippen LogP) is 5.15. The van der Waals surface area contributed by atoms with Gasteiger partial charge in [-0.2, -0.15) is 0 Å². The van der Waals surface area contributed by atoms with Gasteiger partial charge in [0, 0.05) is 18.4 Å². The Morgan fingerprint density at radius 3 is 2.44 bits per heavy atom. The molecule has 48 heavy (non-hydrogen) atoms. The summed E-state index contributed by atoms with van der Waals surface area (Å²) in [6, 6.07) is 17.5. The number of hydrogen-bond acceptors (Lipinski definition) is 7. The van der Waals surface area contributed by atoms with Crippen molar-refractivity contribution in [3.05, 3.63) is 60.7 Å². The summed E-state index contributed by atoms with van der Waals surface area (Å²) in [6.45, 7) is 7.78. The molecular weight excluding hydrogens is 614 g/mol. The van der Waals surface area contributed by atoms with Gasteiger partial charge in [-0.25, -0.2) is 9.59 Å². The number of nitrogens with zero attached hydrogens (tertiary/aromatic N) is 1. The highest BCUT2D eigenvalue weighted by molar-refractivity contribution is 5.96. The number of cyclic esters (lactones) is 1. The summed E-state index contributed by atoms with van der Waals surface area (Å²) < 4.78 is 18.1. The molecule has 1 saturated carbocycles. The van der Waals surface area contributed by atoms with Crippen molar-refractivity contribution in [3.8, 4) is 22.6 Å². The predicted molar refractivity (Wildman–Crippen MR) is 179 cm³/mol. The summed E-state index contributed by atoms with van der Waals surface area (Å²) in [6.07, 6.45) is 0.107. The number of fused-ring (bicyclic) bond motifs is 7. The molecule has 5 atom stereocenters. The molecule has 6 rings (SSSR count). The first-order valence-electron chi connectivity index (χ1n) is 16.6. The van der Waals surface area contributed by atoms with E-state index in [1.54, 1.807) is 0 Å². The molecular formula is C37H43N3O8. The highest BCUT2D eigenvalue weighted by atomic mass is 16.6. The highest BCUT2D eigenvalue weighted by Crippen LogP contribution is 2.46. The first-order chi connectivity index (χ1) is 22.9. The Morgan fingerprint density at radius 2 is 1.75 bits per heavy atom. The summed E-state index contributed by atoms with van der Waals surface area (Å²) >= 11 is 0. The van der Waals surface area contributed by atoms with E-state index in [4.69, 9.17) is 14.2 Å². The number of carbonyl (C=O) groups excluding carboxylic acids is 3. The lowest BCUT2D eigenvalue weighted by molar-refractivity contribution is -0.146. The summed E-state index contributed by atoms with van der Waals surface area (Å²) in [7, 11) is 0. The van der Waals surface area contributed by atoms with E-state index in [1.807, 2.05) is 82.3 Å². The maximum Gasteiger partial charge on any atom is 0.407 e. The van der Waals surface area contributed by atoms with Crippen LogP contribution >= 0.6 is 0 Å². The average molecular weight is 658 g/mol. The van der Waals surface area contributed by atoms with Crippen LogP contribution in [0.25, 0.3) is 21.9 Å². The molecule has 0 radical (unpaired) electrons. The van der Waals surface area contributed by atoms with Crippen LogP contribution in [0, 0.1) is 11.3 Å². The van der Waals surface area contributed by atoms with E-state index >= 15 is 0 Å². The fourth-order valence-corrected chi connectivity index (χ4v) is 6.83. The monoisotopic (exact) mass is 657 g/mol. The van der Waals surface area contributed by atoms with Gasteiger partial charge in [0.05, 0.1) is 19.8 Å². The largest absolute Gasteiger partial charge is 0.493 e. The van der Waals surface area contributed by atoms with E-state index in [-0.39, 0.29) is 25.5 Å². The van der Waals surface area contributed by atoms with Gasteiger partial charge in [0.2, 0.25) is 11.8 Å². The number of carboxylic acid groups (broad SMARTS) is 1. The second-order valence-electron chi connectivity index (χ2n) is 14.1. The molecule has 1 saturated heterocycles. The summed E-state index contributed by atoms with van der Waals surface area (Å²) in [5.41, 5.74) is -0.431. The van der Waals surface area contributed by atoms with Crippen molar-refractivity contribution in [2.45, 2.75) is 77.1 Å². The number of benzene rings is 3. The van der Waals surface area contributed by atoms with Crippen molar-refractivity contribution >= 4 is 34.6 Å². The lowest BCUT2D eigenvalue weighted by atomic mass is 9.85. The van der Waals surface area contributed by atoms with Gasteiger partial charge in [0.15, 0.2) is 0 Å². The van der Waals surface area contributed by atoms with Gasteiger partial charge in [0.25, 0.3) is 0 Å². The Bertz CT molecular complexity index is 1740. The molecule has 0 spiro atoms. The summed E-state index contributed by atoms with van der Waals surface area (Å²) in [5, 5.41) is 17.5. The molecule has 3 amide bonds. The number of amides is 3. The number of nitrogens with one attached hydrogen (secondary N) is 2. The molecule has 11 heteroatoms. The number of aliphatic carboxylic acids is 1. The van der Waals surface area contributed by atoms with Crippen LogP contribution in [0.5, 0.6) is 11.5 Å². The minimum atomic E-state index is -1.37. The minimum Gasteiger partial charge on any atom is -0.493 e. The van der Waals surface area contributed by atoms with E-state index in [2.05, 4.69) is 16.7 Å². The van der Waals surface area contributed by atoms with E-state index in [1.165, 1.54) is 4.90 Å². The number of rotatable bonds is 4. The van der Waals surface area contributed by atoms with Crippen LogP contribution in [0.15, 0.2) is 60.7 Å². The first-order valence-corrected chi connectivity index (χ1v) is 16.6. The van der Waals surface area contributed by atoms with Crippen LogP contribution in [-0.4, -0.2) is 77.4 Å². The highest BCUT2D eigenvalue weighted by Gasteiger charge is 2.61. The number of alkyl carbamates (subject to hydrolysis) is 1. The smallest absolute Gasteiger partial charge is 0.407 e. The zero-order valence-corrected chi connectivity index (χ0v) is 27.8. The summed E-state index contributed by atoms with van der Waals surface area (Å²) in [5.74, 6) is -1.09. The van der Waals surface area contributed by atoms with Gasteiger partial charge in [-0.3, -0.25) is 9.59 Å². The van der Waals surface area contributed by atoms with Crippen molar-refractivity contribution in [3.63, 3.8) is 0 Å². The molecule has 11 nitrogen and oxygen atoms in total. The van der Waals surface area contributed by atoms with Crippen LogP contribution < -0.4 is 20.1 Å². The number of hydrogen-bond donors (Lipinski definition) is 3.